The van der Waals surface area contributed by atoms with Crippen LogP contribution in [0.3, 0.4) is 0 Å². The molecule has 0 unspecified atom stereocenters. The van der Waals surface area contributed by atoms with Crippen LogP contribution in [-0.4, -0.2) is 16.9 Å². The molecule has 2 aromatic carbocycles. The van der Waals surface area contributed by atoms with E-state index in [1.807, 2.05) is 0 Å². The molecule has 0 spiro atoms. The molecule has 8 heteroatoms. The number of hydrogen-bond donors (Lipinski definition) is 3. The lowest BCUT2D eigenvalue weighted by Crippen LogP contribution is -2.29. The number of anilines is 2. The standard InChI is InChI=1S/C14H9Cl2FN2O3/c15-7-1-4-12(20)11(5-7)19-14(22)13(21)18-8-2-3-10(17)9(16)6-8/h1-6,20H,(H,18,21)(H,19,22). The first-order valence-electron chi connectivity index (χ1n) is 5.92. The largest absolute Gasteiger partial charge is 0.506 e. The highest BCUT2D eigenvalue weighted by Gasteiger charge is 2.16. The fourth-order valence-corrected chi connectivity index (χ4v) is 1.90. The Hall–Kier alpha value is -2.31. The maximum atomic E-state index is 13.0. The number of carbonyl (C=O) groups is 2. The van der Waals surface area contributed by atoms with Crippen molar-refractivity contribution in [3.8, 4) is 5.75 Å². The fourth-order valence-electron chi connectivity index (χ4n) is 1.55. The maximum absolute atomic E-state index is 13.0. The summed E-state index contributed by atoms with van der Waals surface area (Å²) in [6.45, 7) is 0. The minimum absolute atomic E-state index is 0.00946. The van der Waals surface area contributed by atoms with E-state index in [2.05, 4.69) is 10.6 Å². The van der Waals surface area contributed by atoms with Crippen molar-refractivity contribution < 1.29 is 19.1 Å². The summed E-state index contributed by atoms with van der Waals surface area (Å²) in [5.41, 5.74) is 0.145. The van der Waals surface area contributed by atoms with Gasteiger partial charge in [0.05, 0.1) is 10.7 Å². The summed E-state index contributed by atoms with van der Waals surface area (Å²) >= 11 is 11.3. The topological polar surface area (TPSA) is 78.4 Å². The number of benzene rings is 2. The molecule has 0 aromatic heterocycles. The van der Waals surface area contributed by atoms with E-state index in [-0.39, 0.29) is 27.2 Å². The van der Waals surface area contributed by atoms with Gasteiger partial charge in [-0.25, -0.2) is 4.39 Å². The number of carbonyl (C=O) groups excluding carboxylic acids is 2. The van der Waals surface area contributed by atoms with Gasteiger partial charge < -0.3 is 15.7 Å². The van der Waals surface area contributed by atoms with E-state index >= 15 is 0 Å². The predicted octanol–water partition coefficient (Wildman–Crippen LogP) is 3.42. The molecule has 3 N–H and O–H groups in total. The van der Waals surface area contributed by atoms with Gasteiger partial charge in [-0.15, -0.1) is 0 Å². The molecule has 0 saturated carbocycles. The van der Waals surface area contributed by atoms with Crippen LogP contribution < -0.4 is 10.6 Å². The quantitative estimate of drug-likeness (QED) is 0.578. The Morgan fingerprint density at radius 2 is 1.68 bits per heavy atom. The van der Waals surface area contributed by atoms with Crippen LogP contribution in [0.2, 0.25) is 10.0 Å². The second-order valence-corrected chi connectivity index (χ2v) is 5.04. The third-order valence-corrected chi connectivity index (χ3v) is 3.12. The second-order valence-electron chi connectivity index (χ2n) is 4.20. The first-order chi connectivity index (χ1) is 10.4. The van der Waals surface area contributed by atoms with Crippen molar-refractivity contribution in [2.45, 2.75) is 0 Å². The van der Waals surface area contributed by atoms with E-state index in [1.165, 1.54) is 30.3 Å². The third-order valence-electron chi connectivity index (χ3n) is 2.59. The highest BCUT2D eigenvalue weighted by Crippen LogP contribution is 2.26. The number of amides is 2. The number of hydrogen-bond acceptors (Lipinski definition) is 3. The summed E-state index contributed by atoms with van der Waals surface area (Å²) in [5, 5.41) is 14.1. The summed E-state index contributed by atoms with van der Waals surface area (Å²) in [6.07, 6.45) is 0. The Bertz CT molecular complexity index is 753. The third kappa shape index (κ3) is 3.87. The first kappa shape index (κ1) is 16.1. The van der Waals surface area contributed by atoms with Gasteiger partial charge in [-0.05, 0) is 36.4 Å². The predicted molar refractivity (Wildman–Crippen MR) is 81.8 cm³/mol. The van der Waals surface area contributed by atoms with E-state index in [0.29, 0.717) is 0 Å². The van der Waals surface area contributed by atoms with E-state index < -0.39 is 17.6 Å². The summed E-state index contributed by atoms with van der Waals surface area (Å²) in [6, 6.07) is 7.46. The minimum atomic E-state index is -1.03. The highest BCUT2D eigenvalue weighted by atomic mass is 35.5. The summed E-state index contributed by atoms with van der Waals surface area (Å²) in [4.78, 5) is 23.5. The fraction of sp³-hybridized carbons (Fsp3) is 0. The number of phenolic OH excluding ortho intramolecular Hbond substituents is 1. The van der Waals surface area contributed by atoms with Crippen molar-refractivity contribution in [1.82, 2.24) is 0 Å². The summed E-state index contributed by atoms with van der Waals surface area (Å²) in [5.74, 6) is -2.93. The van der Waals surface area contributed by atoms with Crippen LogP contribution in [0.4, 0.5) is 15.8 Å². The molecule has 5 nitrogen and oxygen atoms in total. The molecule has 0 bridgehead atoms. The van der Waals surface area contributed by atoms with Gasteiger partial charge in [0.1, 0.15) is 11.6 Å². The molecular formula is C14H9Cl2FN2O3. The Morgan fingerprint density at radius 1 is 1.00 bits per heavy atom. The zero-order chi connectivity index (χ0) is 16.3. The van der Waals surface area contributed by atoms with Gasteiger partial charge in [0, 0.05) is 10.7 Å². The molecule has 0 aliphatic rings. The zero-order valence-corrected chi connectivity index (χ0v) is 12.4. The van der Waals surface area contributed by atoms with Crippen molar-refractivity contribution in [3.05, 3.63) is 52.3 Å². The monoisotopic (exact) mass is 342 g/mol. The second kappa shape index (κ2) is 6.64. The van der Waals surface area contributed by atoms with Gasteiger partial charge in [0.25, 0.3) is 0 Å². The van der Waals surface area contributed by atoms with E-state index in [1.54, 1.807) is 0 Å². The van der Waals surface area contributed by atoms with Crippen LogP contribution in [0.25, 0.3) is 0 Å². The van der Waals surface area contributed by atoms with Gasteiger partial charge in [0.2, 0.25) is 0 Å². The number of halogens is 3. The van der Waals surface area contributed by atoms with E-state index in [9.17, 15) is 19.1 Å². The molecule has 22 heavy (non-hydrogen) atoms. The number of nitrogens with one attached hydrogen (secondary N) is 2. The Balaban J connectivity index is 2.07. The van der Waals surface area contributed by atoms with Crippen LogP contribution >= 0.6 is 23.2 Å². The normalized spacial score (nSPS) is 10.1. The molecule has 0 fully saturated rings. The Labute approximate surface area is 134 Å². The van der Waals surface area contributed by atoms with Gasteiger partial charge >= 0.3 is 11.8 Å². The Kier molecular flexibility index (Phi) is 4.85. The molecule has 2 aromatic rings. The average Bonchev–Trinajstić information content (AvgIpc) is 2.46. The first-order valence-corrected chi connectivity index (χ1v) is 6.68. The minimum Gasteiger partial charge on any atom is -0.506 e. The van der Waals surface area contributed by atoms with Gasteiger partial charge in [0.15, 0.2) is 0 Å². The van der Waals surface area contributed by atoms with Crippen LogP contribution in [0.15, 0.2) is 36.4 Å². The average molecular weight is 343 g/mol. The molecule has 0 heterocycles. The molecule has 2 rings (SSSR count). The van der Waals surface area contributed by atoms with E-state index in [0.717, 1.165) is 6.07 Å². The molecule has 0 radical (unpaired) electrons. The van der Waals surface area contributed by atoms with Gasteiger partial charge in [-0.2, -0.15) is 0 Å². The molecule has 114 valence electrons. The van der Waals surface area contributed by atoms with Crippen LogP contribution in [0, 0.1) is 5.82 Å². The molecular weight excluding hydrogens is 334 g/mol. The zero-order valence-electron chi connectivity index (χ0n) is 10.9. The highest BCUT2D eigenvalue weighted by molar-refractivity contribution is 6.44. The van der Waals surface area contributed by atoms with Crippen molar-refractivity contribution >= 4 is 46.4 Å². The smallest absolute Gasteiger partial charge is 0.314 e. The summed E-state index contributed by atoms with van der Waals surface area (Å²) in [7, 11) is 0. The number of phenols is 1. The number of rotatable bonds is 2. The molecule has 0 aliphatic heterocycles. The van der Waals surface area contributed by atoms with Crippen LogP contribution in [-0.2, 0) is 9.59 Å². The SMILES string of the molecule is O=C(Nc1ccc(F)c(Cl)c1)C(=O)Nc1cc(Cl)ccc1O. The van der Waals surface area contributed by atoms with Crippen molar-refractivity contribution in [2.75, 3.05) is 10.6 Å². The lowest BCUT2D eigenvalue weighted by Gasteiger charge is -2.08. The van der Waals surface area contributed by atoms with Crippen molar-refractivity contribution in [3.63, 3.8) is 0 Å². The van der Waals surface area contributed by atoms with Gasteiger partial charge in [-0.3, -0.25) is 9.59 Å². The van der Waals surface area contributed by atoms with Crippen LogP contribution in [0.1, 0.15) is 0 Å². The Morgan fingerprint density at radius 3 is 2.36 bits per heavy atom. The van der Waals surface area contributed by atoms with Gasteiger partial charge in [-0.1, -0.05) is 23.2 Å². The van der Waals surface area contributed by atoms with E-state index in [4.69, 9.17) is 23.2 Å². The number of aromatic hydroxyl groups is 1. The molecule has 2 amide bonds. The molecule has 0 aliphatic carbocycles. The maximum Gasteiger partial charge on any atom is 0.314 e. The molecule has 0 atom stereocenters. The summed E-state index contributed by atoms with van der Waals surface area (Å²) < 4.78 is 13.0. The molecule has 0 saturated heterocycles. The lowest BCUT2D eigenvalue weighted by atomic mass is 10.3. The van der Waals surface area contributed by atoms with Crippen molar-refractivity contribution in [2.24, 2.45) is 0 Å². The van der Waals surface area contributed by atoms with Crippen LogP contribution in [0.5, 0.6) is 5.75 Å². The lowest BCUT2D eigenvalue weighted by molar-refractivity contribution is -0.133. The van der Waals surface area contributed by atoms with Crippen molar-refractivity contribution in [1.29, 1.82) is 0 Å².